The lowest BCUT2D eigenvalue weighted by atomic mass is 9.83. The van der Waals surface area contributed by atoms with E-state index in [1.54, 1.807) is 6.92 Å². The summed E-state index contributed by atoms with van der Waals surface area (Å²) in [5.74, 6) is 0.0134. The number of benzene rings is 2. The number of anilines is 2. The second kappa shape index (κ2) is 13.6. The van der Waals surface area contributed by atoms with Crippen molar-refractivity contribution in [2.24, 2.45) is 0 Å². The average Bonchev–Trinajstić information content (AvgIpc) is 3.28. The molecule has 1 atom stereocenters. The van der Waals surface area contributed by atoms with Gasteiger partial charge in [-0.1, -0.05) is 49.7 Å². The minimum absolute atomic E-state index is 0.00518. The van der Waals surface area contributed by atoms with Crippen LogP contribution in [0.15, 0.2) is 59.5 Å². The topological polar surface area (TPSA) is 84.5 Å². The summed E-state index contributed by atoms with van der Waals surface area (Å²) in [4.78, 5) is 39.9. The van der Waals surface area contributed by atoms with E-state index < -0.39 is 0 Å². The third kappa shape index (κ3) is 7.26. The fraction of sp³-hybridized carbons (Fsp3) is 0.367. The molecular formula is C30H34N2O4S2. The number of ether oxygens (including phenoxy) is 1. The first kappa shape index (κ1) is 27.9. The lowest BCUT2D eigenvalue weighted by Crippen LogP contribution is -2.18. The first-order chi connectivity index (χ1) is 18.5. The number of rotatable bonds is 11. The Morgan fingerprint density at radius 2 is 1.84 bits per heavy atom. The fourth-order valence-corrected chi connectivity index (χ4v) is 6.73. The van der Waals surface area contributed by atoms with Crippen LogP contribution in [0.2, 0.25) is 0 Å². The van der Waals surface area contributed by atoms with Crippen molar-refractivity contribution in [3.05, 3.63) is 76.2 Å². The zero-order chi connectivity index (χ0) is 26.9. The molecule has 0 fully saturated rings. The largest absolute Gasteiger partial charge is 0.462 e. The number of hydrogen-bond donors (Lipinski definition) is 2. The molecular weight excluding hydrogens is 516 g/mol. The molecule has 0 radical (unpaired) electrons. The molecule has 6 nitrogen and oxygen atoms in total. The molecule has 200 valence electrons. The lowest BCUT2D eigenvalue weighted by Gasteiger charge is -2.23. The van der Waals surface area contributed by atoms with Gasteiger partial charge in [-0.25, -0.2) is 4.79 Å². The number of esters is 1. The fourth-order valence-electron chi connectivity index (χ4n) is 4.64. The molecule has 3 aromatic rings. The number of carbonyl (C=O) groups excluding carboxylic acids is 3. The van der Waals surface area contributed by atoms with Crippen molar-refractivity contribution >= 4 is 51.6 Å². The molecule has 4 rings (SSSR count). The summed E-state index contributed by atoms with van der Waals surface area (Å²) >= 11 is 2.88. The van der Waals surface area contributed by atoms with E-state index >= 15 is 0 Å². The van der Waals surface area contributed by atoms with E-state index in [4.69, 9.17) is 4.74 Å². The summed E-state index contributed by atoms with van der Waals surface area (Å²) in [5, 5.41) is 6.48. The van der Waals surface area contributed by atoms with Gasteiger partial charge in [0.25, 0.3) is 0 Å². The van der Waals surface area contributed by atoms with Gasteiger partial charge in [0.2, 0.25) is 11.8 Å². The number of thioether (sulfide) groups is 1. The lowest BCUT2D eigenvalue weighted by molar-refractivity contribution is -0.116. The van der Waals surface area contributed by atoms with E-state index in [1.807, 2.05) is 30.3 Å². The number of thiophene rings is 1. The summed E-state index contributed by atoms with van der Waals surface area (Å²) in [6, 6.07) is 17.9. The van der Waals surface area contributed by atoms with Crippen LogP contribution in [0.5, 0.6) is 0 Å². The highest BCUT2D eigenvalue weighted by Crippen LogP contribution is 2.43. The second-order valence-corrected chi connectivity index (χ2v) is 11.4. The molecule has 1 aromatic heterocycles. The number of amides is 2. The smallest absolute Gasteiger partial charge is 0.341 e. The van der Waals surface area contributed by atoms with E-state index in [-0.39, 0.29) is 30.1 Å². The molecule has 38 heavy (non-hydrogen) atoms. The minimum Gasteiger partial charge on any atom is -0.462 e. The maximum atomic E-state index is 13.0. The van der Waals surface area contributed by atoms with Crippen molar-refractivity contribution in [2.75, 3.05) is 23.0 Å². The van der Waals surface area contributed by atoms with E-state index in [0.717, 1.165) is 53.1 Å². The van der Waals surface area contributed by atoms with Gasteiger partial charge in [-0.3, -0.25) is 9.59 Å². The van der Waals surface area contributed by atoms with Crippen molar-refractivity contribution in [1.82, 2.24) is 0 Å². The molecule has 2 N–H and O–H groups in total. The van der Waals surface area contributed by atoms with Gasteiger partial charge >= 0.3 is 5.97 Å². The molecule has 1 unspecified atom stereocenters. The number of nitrogens with one attached hydrogen (secondary N) is 2. The highest BCUT2D eigenvalue weighted by Gasteiger charge is 2.30. The number of fused-ring (bicyclic) bond motifs is 1. The van der Waals surface area contributed by atoms with E-state index in [1.165, 1.54) is 28.7 Å². The average molecular weight is 551 g/mol. The minimum atomic E-state index is -0.377. The van der Waals surface area contributed by atoms with Crippen molar-refractivity contribution in [1.29, 1.82) is 0 Å². The normalized spacial score (nSPS) is 14.4. The maximum absolute atomic E-state index is 13.0. The zero-order valence-electron chi connectivity index (χ0n) is 21.9. The molecule has 0 spiro atoms. The van der Waals surface area contributed by atoms with Crippen LogP contribution in [0, 0.1) is 0 Å². The van der Waals surface area contributed by atoms with E-state index in [0.29, 0.717) is 22.9 Å². The highest BCUT2D eigenvalue weighted by atomic mass is 32.2. The van der Waals surface area contributed by atoms with Crippen LogP contribution in [0.1, 0.15) is 71.8 Å². The Bertz CT molecular complexity index is 1270. The van der Waals surface area contributed by atoms with Gasteiger partial charge in [0.1, 0.15) is 5.00 Å². The van der Waals surface area contributed by atoms with Gasteiger partial charge in [0.05, 0.1) is 17.9 Å². The molecule has 1 aliphatic carbocycles. The summed E-state index contributed by atoms with van der Waals surface area (Å²) in [5.41, 5.74) is 3.54. The van der Waals surface area contributed by atoms with Crippen LogP contribution in [-0.2, 0) is 27.2 Å². The van der Waals surface area contributed by atoms with Gasteiger partial charge in [-0.05, 0) is 67.9 Å². The van der Waals surface area contributed by atoms with Crippen molar-refractivity contribution in [2.45, 2.75) is 63.2 Å². The van der Waals surface area contributed by atoms with Gasteiger partial charge < -0.3 is 15.4 Å². The highest BCUT2D eigenvalue weighted by molar-refractivity contribution is 8.00. The Hall–Kier alpha value is -3.10. The Labute approximate surface area is 232 Å². The van der Waals surface area contributed by atoms with Crippen LogP contribution >= 0.6 is 23.1 Å². The molecule has 8 heteroatoms. The van der Waals surface area contributed by atoms with Gasteiger partial charge in [0.15, 0.2) is 0 Å². The molecule has 0 saturated carbocycles. The Morgan fingerprint density at radius 3 is 2.61 bits per heavy atom. The Morgan fingerprint density at radius 1 is 1.03 bits per heavy atom. The Balaban J connectivity index is 1.43. The second-order valence-electron chi connectivity index (χ2n) is 9.30. The van der Waals surface area contributed by atoms with Crippen molar-refractivity contribution in [3.63, 3.8) is 0 Å². The van der Waals surface area contributed by atoms with Crippen LogP contribution < -0.4 is 10.6 Å². The Kier molecular flexibility index (Phi) is 10.0. The van der Waals surface area contributed by atoms with Crippen LogP contribution in [-0.4, -0.2) is 30.1 Å². The summed E-state index contributed by atoms with van der Waals surface area (Å²) in [7, 11) is 0. The number of carbonyl (C=O) groups is 3. The van der Waals surface area contributed by atoms with Gasteiger partial charge in [-0.15, -0.1) is 23.1 Å². The van der Waals surface area contributed by atoms with E-state index in [9.17, 15) is 14.4 Å². The SMILES string of the molecule is CCCCC(=O)Nc1cccc(SCC(=O)Nc2sc3c(c2C(=O)OCC)CCC(c2ccccc2)C3)c1. The third-order valence-corrected chi connectivity index (χ3v) is 8.68. The maximum Gasteiger partial charge on any atom is 0.341 e. The molecule has 1 aliphatic rings. The standard InChI is InChI=1S/C30H34N2O4S2/c1-3-5-14-26(33)31-22-12-9-13-23(18-22)37-19-27(34)32-29-28(30(35)36-4-2)24-16-15-21(17-25(24)38-29)20-10-7-6-8-11-20/h6-13,18,21H,3-5,14-17,19H2,1-2H3,(H,31,33)(H,32,34). The molecule has 2 amide bonds. The number of hydrogen-bond acceptors (Lipinski definition) is 6. The summed E-state index contributed by atoms with van der Waals surface area (Å²) in [6.07, 6.45) is 4.90. The predicted octanol–water partition coefficient (Wildman–Crippen LogP) is 7.06. The van der Waals surface area contributed by atoms with Gasteiger partial charge in [-0.2, -0.15) is 0 Å². The van der Waals surface area contributed by atoms with Gasteiger partial charge in [0, 0.05) is 21.9 Å². The van der Waals surface area contributed by atoms with Crippen LogP contribution in [0.25, 0.3) is 0 Å². The molecule has 0 aliphatic heterocycles. The van der Waals surface area contributed by atoms with Crippen molar-refractivity contribution < 1.29 is 19.1 Å². The molecule has 2 aromatic carbocycles. The predicted molar refractivity (Wildman–Crippen MR) is 155 cm³/mol. The van der Waals surface area contributed by atoms with Crippen LogP contribution in [0.3, 0.4) is 0 Å². The van der Waals surface area contributed by atoms with E-state index in [2.05, 4.69) is 41.8 Å². The number of unbranched alkanes of at least 4 members (excludes halogenated alkanes) is 1. The monoisotopic (exact) mass is 550 g/mol. The van der Waals surface area contributed by atoms with Crippen molar-refractivity contribution in [3.8, 4) is 0 Å². The zero-order valence-corrected chi connectivity index (χ0v) is 23.5. The molecule has 1 heterocycles. The summed E-state index contributed by atoms with van der Waals surface area (Å²) in [6.45, 7) is 4.13. The molecule has 0 saturated heterocycles. The first-order valence-corrected chi connectivity index (χ1v) is 15.0. The molecule has 0 bridgehead atoms. The third-order valence-electron chi connectivity index (χ3n) is 6.51. The summed E-state index contributed by atoms with van der Waals surface area (Å²) < 4.78 is 5.36. The van der Waals surface area contributed by atoms with Crippen LogP contribution in [0.4, 0.5) is 10.7 Å². The quantitative estimate of drug-likeness (QED) is 0.197. The first-order valence-electron chi connectivity index (χ1n) is 13.2.